The second kappa shape index (κ2) is 7.62. The minimum Gasteiger partial charge on any atom is -0.396 e. The van der Waals surface area contributed by atoms with Crippen LogP contribution < -0.4 is 10.6 Å². The second-order valence-electron chi connectivity index (χ2n) is 5.31. The van der Waals surface area contributed by atoms with Gasteiger partial charge in [0.1, 0.15) is 0 Å². The van der Waals surface area contributed by atoms with Crippen molar-refractivity contribution in [3.63, 3.8) is 0 Å². The van der Waals surface area contributed by atoms with Gasteiger partial charge in [0.15, 0.2) is 0 Å². The van der Waals surface area contributed by atoms with E-state index in [1.807, 2.05) is 37.3 Å². The molecule has 1 aliphatic rings. The molecule has 2 rings (SSSR count). The largest absolute Gasteiger partial charge is 0.396 e. The predicted molar refractivity (Wildman–Crippen MR) is 81.9 cm³/mol. The molecule has 0 aromatic heterocycles. The zero-order valence-electron chi connectivity index (χ0n) is 11.8. The number of halogens is 1. The van der Waals surface area contributed by atoms with Gasteiger partial charge in [-0.15, -0.1) is 12.4 Å². The Bertz CT molecular complexity index is 419. The number of rotatable bonds is 5. The Kier molecular flexibility index (Phi) is 6.46. The molecule has 0 spiro atoms. The first-order chi connectivity index (χ1) is 9.15. The normalized spacial score (nSPS) is 22.9. The Hall–Kier alpha value is -1.10. The van der Waals surface area contributed by atoms with Crippen molar-refractivity contribution in [2.45, 2.75) is 37.8 Å². The number of aliphatic hydroxyl groups excluding tert-OH is 1. The maximum atomic E-state index is 12.4. The van der Waals surface area contributed by atoms with E-state index in [4.69, 9.17) is 0 Å². The molecule has 1 amide bonds. The molecule has 1 heterocycles. The Balaban J connectivity index is 0.00000200. The topological polar surface area (TPSA) is 61.4 Å². The van der Waals surface area contributed by atoms with Crippen LogP contribution in [0.5, 0.6) is 0 Å². The van der Waals surface area contributed by atoms with Gasteiger partial charge in [0, 0.05) is 6.61 Å². The summed E-state index contributed by atoms with van der Waals surface area (Å²) in [6.07, 6.45) is 2.42. The number of carbonyl (C=O) groups excluding carboxylic acids is 1. The molecule has 20 heavy (non-hydrogen) atoms. The van der Waals surface area contributed by atoms with E-state index in [-0.39, 0.29) is 31.0 Å². The summed E-state index contributed by atoms with van der Waals surface area (Å²) in [6, 6.07) is 9.66. The van der Waals surface area contributed by atoms with Crippen molar-refractivity contribution < 1.29 is 9.90 Å². The number of carbonyl (C=O) groups is 1. The Morgan fingerprint density at radius 2 is 2.15 bits per heavy atom. The summed E-state index contributed by atoms with van der Waals surface area (Å²) in [4.78, 5) is 12.4. The quantitative estimate of drug-likeness (QED) is 0.777. The molecule has 0 radical (unpaired) electrons. The van der Waals surface area contributed by atoms with Crippen molar-refractivity contribution in [3.8, 4) is 0 Å². The Morgan fingerprint density at radius 1 is 1.45 bits per heavy atom. The highest BCUT2D eigenvalue weighted by Crippen LogP contribution is 2.22. The van der Waals surface area contributed by atoms with Gasteiger partial charge < -0.3 is 15.7 Å². The van der Waals surface area contributed by atoms with E-state index in [0.717, 1.165) is 24.9 Å². The van der Waals surface area contributed by atoms with Gasteiger partial charge in [0.05, 0.1) is 11.6 Å². The van der Waals surface area contributed by atoms with Crippen molar-refractivity contribution >= 4 is 18.3 Å². The molecule has 0 bridgehead atoms. The fraction of sp³-hybridized carbons (Fsp3) is 0.533. The zero-order chi connectivity index (χ0) is 13.7. The van der Waals surface area contributed by atoms with Crippen LogP contribution in [0.25, 0.3) is 0 Å². The van der Waals surface area contributed by atoms with Crippen molar-refractivity contribution in [1.29, 1.82) is 0 Å². The number of benzene rings is 1. The highest BCUT2D eigenvalue weighted by molar-refractivity contribution is 5.86. The van der Waals surface area contributed by atoms with E-state index < -0.39 is 5.54 Å². The molecule has 2 atom stereocenters. The zero-order valence-corrected chi connectivity index (χ0v) is 12.6. The van der Waals surface area contributed by atoms with Gasteiger partial charge >= 0.3 is 0 Å². The molecular weight excluding hydrogens is 276 g/mol. The molecule has 1 aromatic rings. The highest BCUT2D eigenvalue weighted by atomic mass is 35.5. The van der Waals surface area contributed by atoms with Gasteiger partial charge in [0.25, 0.3) is 0 Å². The molecule has 5 heteroatoms. The molecule has 1 saturated heterocycles. The van der Waals surface area contributed by atoms with Crippen LogP contribution in [0.3, 0.4) is 0 Å². The van der Waals surface area contributed by atoms with Crippen LogP contribution in [0.15, 0.2) is 30.3 Å². The van der Waals surface area contributed by atoms with E-state index in [1.54, 1.807) is 0 Å². The lowest BCUT2D eigenvalue weighted by atomic mass is 9.97. The van der Waals surface area contributed by atoms with Crippen molar-refractivity contribution in [1.82, 2.24) is 10.6 Å². The van der Waals surface area contributed by atoms with Crippen LogP contribution in [0.4, 0.5) is 0 Å². The number of amides is 1. The molecule has 1 aliphatic heterocycles. The van der Waals surface area contributed by atoms with Crippen LogP contribution in [-0.2, 0) is 4.79 Å². The standard InChI is InChI=1S/C15H22N2O2.ClH/c1-15(9-5-10-16-15)14(19)17-13(8-11-18)12-6-3-2-4-7-12;/h2-4,6-7,13,16,18H,5,8-11H2,1H3,(H,17,19);1H. The predicted octanol–water partition coefficient (Wildman–Crippen LogP) is 1.79. The number of nitrogens with one attached hydrogen (secondary N) is 2. The summed E-state index contributed by atoms with van der Waals surface area (Å²) < 4.78 is 0. The maximum absolute atomic E-state index is 12.4. The minimum atomic E-state index is -0.470. The lowest BCUT2D eigenvalue weighted by Gasteiger charge is -2.27. The lowest BCUT2D eigenvalue weighted by Crippen LogP contribution is -2.52. The van der Waals surface area contributed by atoms with E-state index >= 15 is 0 Å². The van der Waals surface area contributed by atoms with Crippen molar-refractivity contribution in [2.24, 2.45) is 0 Å². The fourth-order valence-corrected chi connectivity index (χ4v) is 2.54. The summed E-state index contributed by atoms with van der Waals surface area (Å²) in [5, 5.41) is 15.5. The van der Waals surface area contributed by atoms with Crippen LogP contribution >= 0.6 is 12.4 Å². The first kappa shape index (κ1) is 17.0. The third-order valence-electron chi connectivity index (χ3n) is 3.79. The number of hydrogen-bond donors (Lipinski definition) is 3. The van der Waals surface area contributed by atoms with Crippen LogP contribution in [0.2, 0.25) is 0 Å². The second-order valence-corrected chi connectivity index (χ2v) is 5.31. The summed E-state index contributed by atoms with van der Waals surface area (Å²) in [6.45, 7) is 2.89. The van der Waals surface area contributed by atoms with Gasteiger partial charge in [-0.2, -0.15) is 0 Å². The van der Waals surface area contributed by atoms with Gasteiger partial charge in [-0.25, -0.2) is 0 Å². The third-order valence-corrected chi connectivity index (χ3v) is 3.79. The van der Waals surface area contributed by atoms with Crippen molar-refractivity contribution in [2.75, 3.05) is 13.2 Å². The molecule has 0 aliphatic carbocycles. The summed E-state index contributed by atoms with van der Waals surface area (Å²) in [5.41, 5.74) is 0.564. The third kappa shape index (κ3) is 3.95. The van der Waals surface area contributed by atoms with Crippen LogP contribution in [0.1, 0.15) is 37.8 Å². The minimum absolute atomic E-state index is 0. The molecular formula is C15H23ClN2O2. The molecule has 1 aromatic carbocycles. The summed E-state index contributed by atoms with van der Waals surface area (Å²) in [7, 11) is 0. The molecule has 3 N–H and O–H groups in total. The Labute approximate surface area is 126 Å². The maximum Gasteiger partial charge on any atom is 0.240 e. The highest BCUT2D eigenvalue weighted by Gasteiger charge is 2.36. The average molecular weight is 299 g/mol. The molecule has 4 nitrogen and oxygen atoms in total. The molecule has 112 valence electrons. The fourth-order valence-electron chi connectivity index (χ4n) is 2.54. The van der Waals surface area contributed by atoms with Gasteiger partial charge in [-0.05, 0) is 38.3 Å². The van der Waals surface area contributed by atoms with Crippen molar-refractivity contribution in [3.05, 3.63) is 35.9 Å². The van der Waals surface area contributed by atoms with E-state index in [1.165, 1.54) is 0 Å². The smallest absolute Gasteiger partial charge is 0.240 e. The van der Waals surface area contributed by atoms with Gasteiger partial charge in [-0.1, -0.05) is 30.3 Å². The summed E-state index contributed by atoms with van der Waals surface area (Å²) in [5.74, 6) is 0.0207. The first-order valence-electron chi connectivity index (χ1n) is 6.87. The summed E-state index contributed by atoms with van der Waals surface area (Å²) >= 11 is 0. The molecule has 2 unspecified atom stereocenters. The van der Waals surface area contributed by atoms with Crippen LogP contribution in [-0.4, -0.2) is 29.7 Å². The average Bonchev–Trinajstić information content (AvgIpc) is 2.87. The van der Waals surface area contributed by atoms with Gasteiger partial charge in [0.2, 0.25) is 5.91 Å². The SMILES string of the molecule is CC1(C(=O)NC(CCO)c2ccccc2)CCCN1.Cl. The Morgan fingerprint density at radius 3 is 2.70 bits per heavy atom. The van der Waals surface area contributed by atoms with E-state index in [0.29, 0.717) is 6.42 Å². The van der Waals surface area contributed by atoms with Gasteiger partial charge in [-0.3, -0.25) is 4.79 Å². The first-order valence-corrected chi connectivity index (χ1v) is 6.87. The van der Waals surface area contributed by atoms with Crippen LogP contribution in [0, 0.1) is 0 Å². The number of aliphatic hydroxyl groups is 1. The molecule has 0 saturated carbocycles. The lowest BCUT2D eigenvalue weighted by molar-refractivity contribution is -0.127. The molecule has 1 fully saturated rings. The monoisotopic (exact) mass is 298 g/mol. The number of hydrogen-bond acceptors (Lipinski definition) is 3. The van der Waals surface area contributed by atoms with E-state index in [9.17, 15) is 9.90 Å². The van der Waals surface area contributed by atoms with E-state index in [2.05, 4.69) is 10.6 Å².